The second kappa shape index (κ2) is 8.38. The molecule has 0 saturated heterocycles. The third-order valence-corrected chi connectivity index (χ3v) is 2.70. The largest absolute Gasteiger partial charge is 0.493 e. The Hall–Kier alpha value is -1.81. The monoisotopic (exact) mass is 280 g/mol. The Morgan fingerprint density at radius 3 is 2.75 bits per heavy atom. The van der Waals surface area contributed by atoms with Gasteiger partial charge in [-0.15, -0.1) is 0 Å². The number of nitrogens with zero attached hydrogens (tertiary/aromatic N) is 1. The molecule has 1 aromatic carbocycles. The molecule has 0 bridgehead atoms. The molecule has 1 aromatic rings. The lowest BCUT2D eigenvalue weighted by atomic mass is 10.2. The molecule has 0 amide bonds. The standard InChI is InChI=1S/C14H20N2O4/c1-10(8-17)16-7-12(18)9-20-13-4-3-11(6-15)5-14(13)19-2/h3-5,10,12,16-18H,7-9H2,1-2H3. The van der Waals surface area contributed by atoms with Crippen molar-refractivity contribution < 1.29 is 19.7 Å². The van der Waals surface area contributed by atoms with Gasteiger partial charge in [-0.1, -0.05) is 0 Å². The molecule has 1 rings (SSSR count). The van der Waals surface area contributed by atoms with E-state index in [-0.39, 0.29) is 19.3 Å². The molecule has 0 aliphatic heterocycles. The topological polar surface area (TPSA) is 94.7 Å². The molecule has 0 saturated carbocycles. The van der Waals surface area contributed by atoms with Gasteiger partial charge in [0.15, 0.2) is 11.5 Å². The lowest BCUT2D eigenvalue weighted by molar-refractivity contribution is 0.0992. The number of benzene rings is 1. The maximum Gasteiger partial charge on any atom is 0.162 e. The van der Waals surface area contributed by atoms with E-state index >= 15 is 0 Å². The molecule has 2 unspecified atom stereocenters. The first-order valence-electron chi connectivity index (χ1n) is 6.34. The van der Waals surface area contributed by atoms with Crippen molar-refractivity contribution in [3.05, 3.63) is 23.8 Å². The van der Waals surface area contributed by atoms with Gasteiger partial charge in [0.05, 0.1) is 25.3 Å². The minimum Gasteiger partial charge on any atom is -0.493 e. The number of rotatable bonds is 8. The predicted molar refractivity (Wildman–Crippen MR) is 73.8 cm³/mol. The van der Waals surface area contributed by atoms with Crippen LogP contribution in [0.25, 0.3) is 0 Å². The molecule has 0 heterocycles. The van der Waals surface area contributed by atoms with Crippen LogP contribution in [0.3, 0.4) is 0 Å². The maximum atomic E-state index is 9.76. The van der Waals surface area contributed by atoms with Crippen molar-refractivity contribution in [2.24, 2.45) is 0 Å². The average Bonchev–Trinajstić information content (AvgIpc) is 2.50. The second-order valence-corrected chi connectivity index (χ2v) is 4.43. The smallest absolute Gasteiger partial charge is 0.162 e. The molecule has 3 N–H and O–H groups in total. The van der Waals surface area contributed by atoms with E-state index in [0.717, 1.165) is 0 Å². The zero-order valence-corrected chi connectivity index (χ0v) is 11.7. The van der Waals surface area contributed by atoms with Gasteiger partial charge in [-0.25, -0.2) is 0 Å². The van der Waals surface area contributed by atoms with Gasteiger partial charge in [0, 0.05) is 18.7 Å². The van der Waals surface area contributed by atoms with Crippen LogP contribution in [-0.4, -0.2) is 49.2 Å². The Morgan fingerprint density at radius 2 is 2.15 bits per heavy atom. The van der Waals surface area contributed by atoms with Crippen LogP contribution in [0, 0.1) is 11.3 Å². The van der Waals surface area contributed by atoms with Crippen LogP contribution in [0.2, 0.25) is 0 Å². The SMILES string of the molecule is COc1cc(C#N)ccc1OCC(O)CNC(C)CO. The van der Waals surface area contributed by atoms with Crippen molar-refractivity contribution in [1.29, 1.82) is 5.26 Å². The molecule has 20 heavy (non-hydrogen) atoms. The Labute approximate surface area is 118 Å². The quantitative estimate of drug-likeness (QED) is 0.633. The van der Waals surface area contributed by atoms with Gasteiger partial charge in [-0.3, -0.25) is 0 Å². The highest BCUT2D eigenvalue weighted by Gasteiger charge is 2.10. The fraction of sp³-hybridized carbons (Fsp3) is 0.500. The predicted octanol–water partition coefficient (Wildman–Crippen LogP) is 0.277. The van der Waals surface area contributed by atoms with E-state index in [9.17, 15) is 5.11 Å². The van der Waals surface area contributed by atoms with Gasteiger partial charge in [0.2, 0.25) is 0 Å². The molecule has 0 aliphatic carbocycles. The molecule has 0 aliphatic rings. The summed E-state index contributed by atoms with van der Waals surface area (Å²) in [5.41, 5.74) is 0.480. The van der Waals surface area contributed by atoms with Gasteiger partial charge in [-0.05, 0) is 19.1 Å². The molecular weight excluding hydrogens is 260 g/mol. The van der Waals surface area contributed by atoms with Crippen LogP contribution in [0.4, 0.5) is 0 Å². The number of aliphatic hydroxyl groups is 2. The number of nitrogens with one attached hydrogen (secondary N) is 1. The van der Waals surface area contributed by atoms with E-state index in [1.165, 1.54) is 7.11 Å². The zero-order valence-electron chi connectivity index (χ0n) is 11.7. The third kappa shape index (κ3) is 5.05. The van der Waals surface area contributed by atoms with E-state index in [0.29, 0.717) is 23.6 Å². The van der Waals surface area contributed by atoms with Gasteiger partial charge in [0.1, 0.15) is 12.7 Å². The van der Waals surface area contributed by atoms with Crippen molar-refractivity contribution in [2.75, 3.05) is 26.9 Å². The van der Waals surface area contributed by atoms with Crippen molar-refractivity contribution >= 4 is 0 Å². The summed E-state index contributed by atoms with van der Waals surface area (Å²) in [6, 6.07) is 6.77. The van der Waals surface area contributed by atoms with Crippen LogP contribution in [0.5, 0.6) is 11.5 Å². The van der Waals surface area contributed by atoms with Crippen molar-refractivity contribution in [3.63, 3.8) is 0 Å². The Bertz CT molecular complexity index is 459. The lowest BCUT2D eigenvalue weighted by Crippen LogP contribution is -2.38. The minimum absolute atomic E-state index is 0.0109. The van der Waals surface area contributed by atoms with E-state index in [4.69, 9.17) is 19.8 Å². The molecule has 6 nitrogen and oxygen atoms in total. The Morgan fingerprint density at radius 1 is 1.40 bits per heavy atom. The van der Waals surface area contributed by atoms with Crippen molar-refractivity contribution in [2.45, 2.75) is 19.1 Å². The van der Waals surface area contributed by atoms with Gasteiger partial charge < -0.3 is 25.0 Å². The summed E-state index contributed by atoms with van der Waals surface area (Å²) in [4.78, 5) is 0. The van der Waals surface area contributed by atoms with Crippen LogP contribution >= 0.6 is 0 Å². The summed E-state index contributed by atoms with van der Waals surface area (Å²) in [5.74, 6) is 0.925. The zero-order chi connectivity index (χ0) is 15.0. The molecule has 0 aromatic heterocycles. The highest BCUT2D eigenvalue weighted by atomic mass is 16.5. The summed E-state index contributed by atoms with van der Waals surface area (Å²) >= 11 is 0. The van der Waals surface area contributed by atoms with Gasteiger partial charge >= 0.3 is 0 Å². The molecule has 2 atom stereocenters. The van der Waals surface area contributed by atoms with E-state index in [1.807, 2.05) is 13.0 Å². The summed E-state index contributed by atoms with van der Waals surface area (Å²) in [7, 11) is 1.49. The Balaban J connectivity index is 2.51. The van der Waals surface area contributed by atoms with Crippen LogP contribution in [0.15, 0.2) is 18.2 Å². The number of hydrogen-bond acceptors (Lipinski definition) is 6. The Kier molecular flexibility index (Phi) is 6.81. The van der Waals surface area contributed by atoms with Gasteiger partial charge in [0.25, 0.3) is 0 Å². The number of aliphatic hydroxyl groups excluding tert-OH is 2. The molecule has 6 heteroatoms. The van der Waals surface area contributed by atoms with Crippen molar-refractivity contribution in [1.82, 2.24) is 5.32 Å². The third-order valence-electron chi connectivity index (χ3n) is 2.70. The molecule has 110 valence electrons. The minimum atomic E-state index is -0.704. The van der Waals surface area contributed by atoms with Crippen molar-refractivity contribution in [3.8, 4) is 17.6 Å². The normalized spacial score (nSPS) is 13.3. The number of nitriles is 1. The second-order valence-electron chi connectivity index (χ2n) is 4.43. The number of ether oxygens (including phenoxy) is 2. The van der Waals surface area contributed by atoms with Crippen LogP contribution < -0.4 is 14.8 Å². The first kappa shape index (κ1) is 16.2. The highest BCUT2D eigenvalue weighted by Crippen LogP contribution is 2.27. The number of hydrogen-bond donors (Lipinski definition) is 3. The van der Waals surface area contributed by atoms with E-state index < -0.39 is 6.10 Å². The summed E-state index contributed by atoms with van der Waals surface area (Å²) < 4.78 is 10.6. The van der Waals surface area contributed by atoms with Crippen LogP contribution in [-0.2, 0) is 0 Å². The lowest BCUT2D eigenvalue weighted by Gasteiger charge is -2.17. The van der Waals surface area contributed by atoms with Gasteiger partial charge in [-0.2, -0.15) is 5.26 Å². The molecule has 0 radical (unpaired) electrons. The highest BCUT2D eigenvalue weighted by molar-refractivity contribution is 5.46. The summed E-state index contributed by atoms with van der Waals surface area (Å²) in [6.07, 6.45) is -0.704. The molecular formula is C14H20N2O4. The fourth-order valence-electron chi connectivity index (χ4n) is 1.50. The fourth-order valence-corrected chi connectivity index (χ4v) is 1.50. The molecule has 0 spiro atoms. The average molecular weight is 280 g/mol. The van der Waals surface area contributed by atoms with E-state index in [1.54, 1.807) is 18.2 Å². The first-order valence-corrected chi connectivity index (χ1v) is 6.34. The van der Waals surface area contributed by atoms with E-state index in [2.05, 4.69) is 5.32 Å². The first-order chi connectivity index (χ1) is 9.60. The maximum absolute atomic E-state index is 9.76. The number of methoxy groups -OCH3 is 1. The summed E-state index contributed by atoms with van der Waals surface area (Å²) in [6.45, 7) is 2.24. The molecule has 0 fully saturated rings. The van der Waals surface area contributed by atoms with Crippen LogP contribution in [0.1, 0.15) is 12.5 Å². The summed E-state index contributed by atoms with van der Waals surface area (Å²) in [5, 5.41) is 30.4.